The van der Waals surface area contributed by atoms with Crippen LogP contribution >= 0.6 is 22.6 Å². The molecule has 0 saturated carbocycles. The van der Waals surface area contributed by atoms with Crippen molar-refractivity contribution in [3.8, 4) is 5.75 Å². The molecule has 2 rings (SSSR count). The van der Waals surface area contributed by atoms with Crippen LogP contribution in [0.4, 0.5) is 18.0 Å². The molecule has 0 atom stereocenters. The van der Waals surface area contributed by atoms with E-state index < -0.39 is 23.4 Å². The molecule has 0 spiro atoms. The van der Waals surface area contributed by atoms with E-state index in [2.05, 4.69) is 27.9 Å². The lowest BCUT2D eigenvalue weighted by Gasteiger charge is -2.19. The monoisotopic (exact) mass is 521 g/mol. The van der Waals surface area contributed by atoms with Crippen molar-refractivity contribution < 1.29 is 27.4 Å². The van der Waals surface area contributed by atoms with Crippen LogP contribution in [0.5, 0.6) is 5.75 Å². The molecule has 0 aliphatic carbocycles. The van der Waals surface area contributed by atoms with Gasteiger partial charge in [0.15, 0.2) is 0 Å². The first-order valence-corrected chi connectivity index (χ1v) is 10.1. The number of rotatable bonds is 6. The van der Waals surface area contributed by atoms with Crippen molar-refractivity contribution in [3.05, 3.63) is 62.7 Å². The summed E-state index contributed by atoms with van der Waals surface area (Å²) in [6.45, 7) is 6.03. The predicted molar refractivity (Wildman–Crippen MR) is 113 cm³/mol. The zero-order valence-corrected chi connectivity index (χ0v) is 18.6. The van der Waals surface area contributed by atoms with Gasteiger partial charge < -0.3 is 14.8 Å². The molecule has 0 fully saturated rings. The van der Waals surface area contributed by atoms with E-state index >= 15 is 0 Å². The summed E-state index contributed by atoms with van der Waals surface area (Å²) < 4.78 is 49.6. The van der Waals surface area contributed by atoms with E-state index in [0.29, 0.717) is 24.3 Å². The lowest BCUT2D eigenvalue weighted by atomic mass is 10.1. The summed E-state index contributed by atoms with van der Waals surface area (Å²) in [6.07, 6.45) is -4.17. The lowest BCUT2D eigenvalue weighted by molar-refractivity contribution is -0.137. The smallest absolute Gasteiger partial charge is 0.416 e. The number of ether oxygens (including phenoxy) is 2. The van der Waals surface area contributed by atoms with Gasteiger partial charge >= 0.3 is 12.3 Å². The number of carbonyl (C=O) groups excluding carboxylic acids is 1. The summed E-state index contributed by atoms with van der Waals surface area (Å²) in [6, 6.07) is 10.6. The molecule has 8 heteroatoms. The number of carbonyl (C=O) groups is 1. The fraction of sp³-hybridized carbons (Fsp3) is 0.381. The molecule has 1 amide bonds. The van der Waals surface area contributed by atoms with Gasteiger partial charge in [0.1, 0.15) is 18.0 Å². The second kappa shape index (κ2) is 9.69. The van der Waals surface area contributed by atoms with Gasteiger partial charge in [-0.25, -0.2) is 4.79 Å². The summed E-state index contributed by atoms with van der Waals surface area (Å²) in [4.78, 5) is 11.6. The van der Waals surface area contributed by atoms with Gasteiger partial charge in [-0.1, -0.05) is 18.2 Å². The largest absolute Gasteiger partial charge is 0.488 e. The Hall–Kier alpha value is -1.97. The van der Waals surface area contributed by atoms with Crippen molar-refractivity contribution in [3.63, 3.8) is 0 Å². The highest BCUT2D eigenvalue weighted by Crippen LogP contribution is 2.29. The van der Waals surface area contributed by atoms with E-state index in [1.165, 1.54) is 12.1 Å². The van der Waals surface area contributed by atoms with Crippen LogP contribution in [0.1, 0.15) is 37.5 Å². The van der Waals surface area contributed by atoms with E-state index in [9.17, 15) is 18.0 Å². The Morgan fingerprint density at radius 1 is 1.03 bits per heavy atom. The van der Waals surface area contributed by atoms with Crippen molar-refractivity contribution in [1.29, 1.82) is 0 Å². The third-order valence-corrected chi connectivity index (χ3v) is 4.60. The minimum Gasteiger partial charge on any atom is -0.488 e. The van der Waals surface area contributed by atoms with Crippen molar-refractivity contribution in [2.45, 2.75) is 45.6 Å². The van der Waals surface area contributed by atoms with Crippen molar-refractivity contribution in [2.75, 3.05) is 6.54 Å². The average molecular weight is 521 g/mol. The fourth-order valence-electron chi connectivity index (χ4n) is 2.39. The first kappa shape index (κ1) is 23.3. The molecule has 2 aromatic rings. The fourth-order valence-corrected chi connectivity index (χ4v) is 3.13. The summed E-state index contributed by atoms with van der Waals surface area (Å²) in [5.74, 6) is 0.648. The molecule has 4 nitrogen and oxygen atoms in total. The van der Waals surface area contributed by atoms with E-state index in [-0.39, 0.29) is 6.61 Å². The summed E-state index contributed by atoms with van der Waals surface area (Å²) in [5, 5.41) is 2.71. The maximum Gasteiger partial charge on any atom is 0.416 e. The van der Waals surface area contributed by atoms with Gasteiger partial charge in [0.25, 0.3) is 0 Å². The number of alkyl halides is 3. The van der Waals surface area contributed by atoms with Crippen LogP contribution in [0, 0.1) is 3.57 Å². The maximum atomic E-state index is 12.6. The number of hydrogen-bond acceptors (Lipinski definition) is 3. The van der Waals surface area contributed by atoms with Crippen LogP contribution in [0.3, 0.4) is 0 Å². The number of benzene rings is 2. The Labute approximate surface area is 181 Å². The zero-order valence-electron chi connectivity index (χ0n) is 16.4. The minimum atomic E-state index is -4.34. The normalized spacial score (nSPS) is 11.8. The molecule has 0 saturated heterocycles. The second-order valence-corrected chi connectivity index (χ2v) is 8.59. The SMILES string of the molecule is CC(C)(C)OC(=O)NCCc1ccc(OCc2ccc(C(F)(F)F)cc2)c(I)c1. The molecule has 0 unspecified atom stereocenters. The second-order valence-electron chi connectivity index (χ2n) is 7.43. The highest BCUT2D eigenvalue weighted by molar-refractivity contribution is 14.1. The van der Waals surface area contributed by atoms with Gasteiger partial charge in [-0.05, 0) is 85.2 Å². The molecule has 0 heterocycles. The Balaban J connectivity index is 1.85. The Kier molecular flexibility index (Phi) is 7.79. The molecular weight excluding hydrogens is 498 g/mol. The summed E-state index contributed by atoms with van der Waals surface area (Å²) in [5.41, 5.74) is 0.456. The molecule has 0 aromatic heterocycles. The number of halogens is 4. The van der Waals surface area contributed by atoms with Crippen molar-refractivity contribution in [2.24, 2.45) is 0 Å². The first-order valence-electron chi connectivity index (χ1n) is 8.98. The lowest BCUT2D eigenvalue weighted by Crippen LogP contribution is -2.33. The van der Waals surface area contributed by atoms with Crippen LogP contribution in [-0.4, -0.2) is 18.2 Å². The molecule has 2 aromatic carbocycles. The third-order valence-electron chi connectivity index (χ3n) is 3.75. The molecule has 0 aliphatic heterocycles. The van der Waals surface area contributed by atoms with Crippen LogP contribution < -0.4 is 10.1 Å². The number of nitrogens with one attached hydrogen (secondary N) is 1. The van der Waals surface area contributed by atoms with Gasteiger partial charge in [-0.15, -0.1) is 0 Å². The highest BCUT2D eigenvalue weighted by Gasteiger charge is 2.29. The summed E-state index contributed by atoms with van der Waals surface area (Å²) in [7, 11) is 0. The van der Waals surface area contributed by atoms with Crippen LogP contribution in [-0.2, 0) is 23.9 Å². The number of alkyl carbamates (subject to hydrolysis) is 1. The van der Waals surface area contributed by atoms with Gasteiger partial charge in [0, 0.05) is 6.54 Å². The van der Waals surface area contributed by atoms with E-state index in [1.54, 1.807) is 20.8 Å². The molecular formula is C21H23F3INO3. The topological polar surface area (TPSA) is 47.6 Å². The third kappa shape index (κ3) is 8.12. The van der Waals surface area contributed by atoms with Crippen molar-refractivity contribution >= 4 is 28.7 Å². The first-order chi connectivity index (χ1) is 13.4. The van der Waals surface area contributed by atoms with Crippen molar-refractivity contribution in [1.82, 2.24) is 5.32 Å². The molecule has 0 aliphatic rings. The average Bonchev–Trinajstić information content (AvgIpc) is 2.59. The van der Waals surface area contributed by atoms with Gasteiger partial charge in [0.05, 0.1) is 9.13 Å². The predicted octanol–water partition coefficient (Wildman–Crippen LogP) is 5.96. The summed E-state index contributed by atoms with van der Waals surface area (Å²) >= 11 is 2.14. The maximum absolute atomic E-state index is 12.6. The van der Waals surface area contributed by atoms with E-state index in [1.807, 2.05) is 18.2 Å². The van der Waals surface area contributed by atoms with Gasteiger partial charge in [-0.2, -0.15) is 13.2 Å². The van der Waals surface area contributed by atoms with Crippen LogP contribution in [0.2, 0.25) is 0 Å². The minimum absolute atomic E-state index is 0.174. The molecule has 0 radical (unpaired) electrons. The quantitative estimate of drug-likeness (QED) is 0.478. The van der Waals surface area contributed by atoms with E-state index in [0.717, 1.165) is 21.3 Å². The highest BCUT2D eigenvalue weighted by atomic mass is 127. The van der Waals surface area contributed by atoms with Gasteiger partial charge in [0.2, 0.25) is 0 Å². The molecule has 29 heavy (non-hydrogen) atoms. The zero-order chi connectivity index (χ0) is 21.7. The molecule has 158 valence electrons. The van der Waals surface area contributed by atoms with Gasteiger partial charge in [-0.3, -0.25) is 0 Å². The van der Waals surface area contributed by atoms with E-state index in [4.69, 9.17) is 9.47 Å². The number of amides is 1. The van der Waals surface area contributed by atoms with Crippen LogP contribution in [0.15, 0.2) is 42.5 Å². The molecule has 0 bridgehead atoms. The Bertz CT molecular complexity index is 831. The standard InChI is InChI=1S/C21H23F3INO3/c1-20(2,3)29-19(27)26-11-10-14-6-9-18(17(25)12-14)28-13-15-4-7-16(8-5-15)21(22,23)24/h4-9,12H,10-11,13H2,1-3H3,(H,26,27). The Morgan fingerprint density at radius 3 is 2.21 bits per heavy atom. The Morgan fingerprint density at radius 2 is 1.66 bits per heavy atom. The molecule has 1 N–H and O–H groups in total. The number of hydrogen-bond donors (Lipinski definition) is 1. The van der Waals surface area contributed by atoms with Crippen LogP contribution in [0.25, 0.3) is 0 Å².